The third-order valence-corrected chi connectivity index (χ3v) is 2.77. The first-order valence-electron chi connectivity index (χ1n) is 6.19. The summed E-state index contributed by atoms with van der Waals surface area (Å²) in [6.45, 7) is 8.31. The predicted octanol–water partition coefficient (Wildman–Crippen LogP) is 1.24. The summed E-state index contributed by atoms with van der Waals surface area (Å²) in [5, 5.41) is 9.56. The lowest BCUT2D eigenvalue weighted by Crippen LogP contribution is -2.56. The highest BCUT2D eigenvalue weighted by Gasteiger charge is 2.15. The van der Waals surface area contributed by atoms with Gasteiger partial charge in [-0.25, -0.2) is 5.43 Å². The molecule has 0 atom stereocenters. The van der Waals surface area contributed by atoms with Gasteiger partial charge < -0.3 is 10.2 Å². The Kier molecular flexibility index (Phi) is 7.38. The normalized spacial score (nSPS) is 18.7. The SMILES string of the molecule is C=CCN/C(Cl)=C\C=C(/C)CN1CCNN/C1=N\N=O. The second-order valence-electron chi connectivity index (χ2n) is 4.18. The monoisotopic (exact) mass is 298 g/mol. The topological polar surface area (TPSA) is 81.1 Å². The molecule has 0 amide bonds. The molecule has 8 heteroatoms. The van der Waals surface area contributed by atoms with Gasteiger partial charge in [0.05, 0.1) is 5.29 Å². The quantitative estimate of drug-likeness (QED) is 0.217. The van der Waals surface area contributed by atoms with Gasteiger partial charge in [-0.15, -0.1) is 11.5 Å². The van der Waals surface area contributed by atoms with E-state index in [1.165, 1.54) is 0 Å². The molecule has 1 saturated heterocycles. The Morgan fingerprint density at radius 3 is 3.10 bits per heavy atom. The number of rotatable bonds is 7. The van der Waals surface area contributed by atoms with Crippen molar-refractivity contribution in [2.75, 3.05) is 26.2 Å². The predicted molar refractivity (Wildman–Crippen MR) is 81.8 cm³/mol. The Morgan fingerprint density at radius 2 is 2.40 bits per heavy atom. The van der Waals surface area contributed by atoms with E-state index in [-0.39, 0.29) is 0 Å². The van der Waals surface area contributed by atoms with Crippen LogP contribution in [0.4, 0.5) is 0 Å². The summed E-state index contributed by atoms with van der Waals surface area (Å²) >= 11 is 5.97. The molecule has 3 N–H and O–H groups in total. The van der Waals surface area contributed by atoms with E-state index < -0.39 is 0 Å². The summed E-state index contributed by atoms with van der Waals surface area (Å²) in [6.07, 6.45) is 5.42. The van der Waals surface area contributed by atoms with Crippen LogP contribution in [0, 0.1) is 4.91 Å². The third kappa shape index (κ3) is 5.85. The molecule has 1 rings (SSSR count). The molecule has 0 radical (unpaired) electrons. The molecule has 110 valence electrons. The largest absolute Gasteiger partial charge is 0.372 e. The minimum atomic E-state index is 0.416. The number of nitrogens with one attached hydrogen (secondary N) is 3. The number of halogens is 1. The second-order valence-corrected chi connectivity index (χ2v) is 4.58. The first kappa shape index (κ1) is 16.2. The number of guanidine groups is 1. The van der Waals surface area contributed by atoms with Crippen LogP contribution in [0.1, 0.15) is 6.92 Å². The van der Waals surface area contributed by atoms with E-state index in [4.69, 9.17) is 11.6 Å². The number of hydrazine groups is 1. The van der Waals surface area contributed by atoms with Crippen LogP contribution in [-0.4, -0.2) is 37.0 Å². The van der Waals surface area contributed by atoms with Crippen LogP contribution in [0.25, 0.3) is 0 Å². The Morgan fingerprint density at radius 1 is 1.60 bits per heavy atom. The number of hydrogen-bond donors (Lipinski definition) is 3. The molecule has 0 aromatic rings. The van der Waals surface area contributed by atoms with Crippen molar-refractivity contribution in [2.45, 2.75) is 6.92 Å². The highest BCUT2D eigenvalue weighted by Crippen LogP contribution is 2.04. The first-order valence-corrected chi connectivity index (χ1v) is 6.57. The summed E-state index contributed by atoms with van der Waals surface area (Å²) in [5.41, 5.74) is 6.79. The average Bonchev–Trinajstić information content (AvgIpc) is 2.45. The van der Waals surface area contributed by atoms with Gasteiger partial charge in [0.25, 0.3) is 0 Å². The summed E-state index contributed by atoms with van der Waals surface area (Å²) in [4.78, 5) is 12.1. The maximum Gasteiger partial charge on any atom is 0.237 e. The van der Waals surface area contributed by atoms with Crippen molar-refractivity contribution >= 4 is 17.6 Å². The van der Waals surface area contributed by atoms with Gasteiger partial charge in [0.1, 0.15) is 5.16 Å². The van der Waals surface area contributed by atoms with Crippen molar-refractivity contribution in [3.63, 3.8) is 0 Å². The van der Waals surface area contributed by atoms with Crippen molar-refractivity contribution in [3.8, 4) is 0 Å². The number of allylic oxidation sites excluding steroid dienone is 2. The molecule has 1 aliphatic rings. The Labute approximate surface area is 123 Å². The molecule has 1 heterocycles. The molecule has 20 heavy (non-hydrogen) atoms. The highest BCUT2D eigenvalue weighted by atomic mass is 35.5. The molecule has 1 aliphatic heterocycles. The van der Waals surface area contributed by atoms with Crippen molar-refractivity contribution < 1.29 is 0 Å². The van der Waals surface area contributed by atoms with Gasteiger partial charge in [-0.3, -0.25) is 5.43 Å². The molecule has 0 aliphatic carbocycles. The zero-order valence-corrected chi connectivity index (χ0v) is 12.2. The molecule has 7 nitrogen and oxygen atoms in total. The molecule has 0 unspecified atom stereocenters. The van der Waals surface area contributed by atoms with Crippen molar-refractivity contribution in [1.82, 2.24) is 21.1 Å². The zero-order valence-electron chi connectivity index (χ0n) is 11.4. The molecule has 0 aromatic heterocycles. The average molecular weight is 299 g/mol. The fourth-order valence-electron chi connectivity index (χ4n) is 1.60. The number of hydrogen-bond acceptors (Lipinski definition) is 4. The molecule has 1 fully saturated rings. The molecule has 0 saturated carbocycles. The van der Waals surface area contributed by atoms with Crippen molar-refractivity contribution in [2.24, 2.45) is 10.4 Å². The van der Waals surface area contributed by atoms with Crippen molar-refractivity contribution in [3.05, 3.63) is 40.4 Å². The Balaban J connectivity index is 2.58. The van der Waals surface area contributed by atoms with Crippen LogP contribution in [0.15, 0.2) is 45.9 Å². The van der Waals surface area contributed by atoms with E-state index in [1.54, 1.807) is 12.2 Å². The van der Waals surface area contributed by atoms with Crippen LogP contribution in [-0.2, 0) is 0 Å². The number of nitroso groups, excluding NO2 is 1. The van der Waals surface area contributed by atoms with E-state index in [0.717, 1.165) is 18.7 Å². The maximum atomic E-state index is 10.2. The van der Waals surface area contributed by atoms with Gasteiger partial charge in [-0.2, -0.15) is 0 Å². The minimum Gasteiger partial charge on any atom is -0.372 e. The van der Waals surface area contributed by atoms with Gasteiger partial charge in [0, 0.05) is 26.2 Å². The van der Waals surface area contributed by atoms with E-state index in [0.29, 0.717) is 24.2 Å². The van der Waals surface area contributed by atoms with Gasteiger partial charge in [0.2, 0.25) is 5.96 Å². The lowest BCUT2D eigenvalue weighted by atomic mass is 10.2. The van der Waals surface area contributed by atoms with Crippen molar-refractivity contribution in [1.29, 1.82) is 0 Å². The van der Waals surface area contributed by atoms with E-state index in [1.807, 2.05) is 17.9 Å². The standard InChI is InChI=1S/C12H19ClN6O/c1-3-6-14-11(13)5-4-10(2)9-19-8-7-15-16-12(19)17-18-20/h3-5,14-15H,1,6-9H2,2H3,(H,16,17,20)/b10-4+,11-5-. The summed E-state index contributed by atoms with van der Waals surface area (Å²) in [7, 11) is 0. The van der Waals surface area contributed by atoms with Crippen LogP contribution in [0.5, 0.6) is 0 Å². The van der Waals surface area contributed by atoms with E-state index in [9.17, 15) is 4.91 Å². The molecular formula is C12H19ClN6O. The second kappa shape index (κ2) is 9.11. The fourth-order valence-corrected chi connectivity index (χ4v) is 1.74. The smallest absolute Gasteiger partial charge is 0.237 e. The molecule has 0 aromatic carbocycles. The maximum absolute atomic E-state index is 10.2. The van der Waals surface area contributed by atoms with E-state index in [2.05, 4.69) is 33.1 Å². The summed E-state index contributed by atoms with van der Waals surface area (Å²) in [5.74, 6) is 0.416. The number of nitrogens with zero attached hydrogens (tertiary/aromatic N) is 3. The molecule has 0 spiro atoms. The van der Waals surface area contributed by atoms with Gasteiger partial charge >= 0.3 is 0 Å². The van der Waals surface area contributed by atoms with Gasteiger partial charge in [-0.1, -0.05) is 34.4 Å². The highest BCUT2D eigenvalue weighted by molar-refractivity contribution is 6.29. The molecular weight excluding hydrogens is 280 g/mol. The first-order chi connectivity index (χ1) is 9.67. The van der Waals surface area contributed by atoms with Crippen LogP contribution in [0.2, 0.25) is 0 Å². The lowest BCUT2D eigenvalue weighted by Gasteiger charge is -2.30. The minimum absolute atomic E-state index is 0.416. The third-order valence-electron chi connectivity index (χ3n) is 2.51. The van der Waals surface area contributed by atoms with Crippen LogP contribution in [0.3, 0.4) is 0 Å². The summed E-state index contributed by atoms with van der Waals surface area (Å²) in [6, 6.07) is 0. The Hall–Kier alpha value is -1.86. The van der Waals surface area contributed by atoms with Gasteiger partial charge in [0.15, 0.2) is 0 Å². The zero-order chi connectivity index (χ0) is 14.8. The molecule has 0 bridgehead atoms. The fraction of sp³-hybridized carbons (Fsp3) is 0.417. The van der Waals surface area contributed by atoms with Crippen LogP contribution < -0.4 is 16.2 Å². The van der Waals surface area contributed by atoms with E-state index >= 15 is 0 Å². The Bertz CT molecular complexity index is 432. The van der Waals surface area contributed by atoms with Crippen LogP contribution >= 0.6 is 11.6 Å². The summed E-state index contributed by atoms with van der Waals surface area (Å²) < 4.78 is 0. The van der Waals surface area contributed by atoms with Gasteiger partial charge in [-0.05, 0) is 13.0 Å². The lowest BCUT2D eigenvalue weighted by molar-refractivity contribution is 0.367.